The standard InChI is InChI=1S/C33H36FN7O4S/c1-5-45-33(42)28-20-8-10-21(11-9-20)29(28)36-31-26-14-15-27(39(3)4)41(26)38-30(37-31)25-18-40(32-24(25)16-22(34)17-35-32)46(43,44)23-12-6-19(2)7-13-23/h6-7,12-18,20-21,28-29H,5,8-11H2,1-4H3,(H,36,37,38)/t20-,21+,28-,29-/m0/s1. The van der Waals surface area contributed by atoms with Crippen molar-refractivity contribution in [1.82, 2.24) is 23.6 Å². The van der Waals surface area contributed by atoms with Crippen LogP contribution in [0.15, 0.2) is 59.8 Å². The molecule has 4 heterocycles. The van der Waals surface area contributed by atoms with E-state index in [2.05, 4.69) is 10.3 Å². The smallest absolute Gasteiger partial charge is 0.311 e. The molecule has 2 atom stereocenters. The van der Waals surface area contributed by atoms with Crippen molar-refractivity contribution in [2.75, 3.05) is 30.9 Å². The third-order valence-electron chi connectivity index (χ3n) is 9.43. The summed E-state index contributed by atoms with van der Waals surface area (Å²) in [7, 11) is -0.311. The van der Waals surface area contributed by atoms with E-state index in [9.17, 15) is 17.6 Å². The van der Waals surface area contributed by atoms with Gasteiger partial charge in [-0.15, -0.1) is 5.10 Å². The second-order valence-corrected chi connectivity index (χ2v) is 14.3. The van der Waals surface area contributed by atoms with Crippen molar-refractivity contribution in [3.8, 4) is 11.4 Å². The first-order valence-electron chi connectivity index (χ1n) is 15.6. The Labute approximate surface area is 266 Å². The molecule has 46 heavy (non-hydrogen) atoms. The lowest BCUT2D eigenvalue weighted by Crippen LogP contribution is -2.52. The molecule has 8 rings (SSSR count). The maximum atomic E-state index is 14.7. The van der Waals surface area contributed by atoms with Crippen LogP contribution in [0, 0.1) is 30.5 Å². The Morgan fingerprint density at radius 1 is 1.09 bits per heavy atom. The van der Waals surface area contributed by atoms with Crippen molar-refractivity contribution in [2.24, 2.45) is 17.8 Å². The molecule has 3 aliphatic carbocycles. The molecule has 3 aliphatic rings. The number of halogens is 1. The van der Waals surface area contributed by atoms with Gasteiger partial charge in [0, 0.05) is 37.3 Å². The van der Waals surface area contributed by atoms with Gasteiger partial charge in [-0.2, -0.15) is 0 Å². The lowest BCUT2D eigenvalue weighted by molar-refractivity contribution is -0.154. The van der Waals surface area contributed by atoms with Crippen LogP contribution >= 0.6 is 0 Å². The average molecular weight is 646 g/mol. The summed E-state index contributed by atoms with van der Waals surface area (Å²) in [5.74, 6) is 0.792. The predicted molar refractivity (Wildman–Crippen MR) is 173 cm³/mol. The number of pyridine rings is 1. The normalized spacial score (nSPS) is 21.2. The van der Waals surface area contributed by atoms with Gasteiger partial charge in [-0.3, -0.25) is 4.79 Å². The molecule has 240 valence electrons. The van der Waals surface area contributed by atoms with Crippen molar-refractivity contribution in [2.45, 2.75) is 50.5 Å². The van der Waals surface area contributed by atoms with Crippen LogP contribution < -0.4 is 10.2 Å². The Hall–Kier alpha value is -4.52. The topological polar surface area (TPSA) is 124 Å². The van der Waals surface area contributed by atoms with E-state index in [1.54, 1.807) is 16.6 Å². The maximum absolute atomic E-state index is 14.7. The van der Waals surface area contributed by atoms with E-state index < -0.39 is 15.8 Å². The molecule has 0 aliphatic heterocycles. The molecule has 0 saturated heterocycles. The van der Waals surface area contributed by atoms with Crippen LogP contribution in [0.5, 0.6) is 0 Å². The Morgan fingerprint density at radius 2 is 1.80 bits per heavy atom. The van der Waals surface area contributed by atoms with Crippen LogP contribution in [0.3, 0.4) is 0 Å². The summed E-state index contributed by atoms with van der Waals surface area (Å²) >= 11 is 0. The molecule has 5 aromatic rings. The molecule has 3 saturated carbocycles. The van der Waals surface area contributed by atoms with Crippen LogP contribution in [0.1, 0.15) is 38.2 Å². The zero-order valence-corrected chi connectivity index (χ0v) is 27.0. The maximum Gasteiger partial charge on any atom is 0.311 e. The fraction of sp³-hybridized carbons (Fsp3) is 0.394. The van der Waals surface area contributed by atoms with Crippen molar-refractivity contribution in [1.29, 1.82) is 0 Å². The summed E-state index contributed by atoms with van der Waals surface area (Å²) in [6.07, 6.45) is 6.38. The largest absolute Gasteiger partial charge is 0.466 e. The molecule has 0 radical (unpaired) electrons. The van der Waals surface area contributed by atoms with Crippen LogP contribution in [0.4, 0.5) is 16.0 Å². The molecule has 1 N–H and O–H groups in total. The number of hydrogen-bond acceptors (Lipinski definition) is 9. The fourth-order valence-corrected chi connectivity index (χ4v) is 8.50. The second kappa shape index (κ2) is 11.4. The summed E-state index contributed by atoms with van der Waals surface area (Å²) in [6.45, 7) is 4.00. The third kappa shape index (κ3) is 4.97. The minimum absolute atomic E-state index is 0.0579. The molecule has 3 fully saturated rings. The van der Waals surface area contributed by atoms with Gasteiger partial charge in [0.25, 0.3) is 10.0 Å². The van der Waals surface area contributed by atoms with E-state index in [0.717, 1.165) is 47.2 Å². The number of ether oxygens (including phenoxy) is 1. The number of hydrogen-bond donors (Lipinski definition) is 1. The number of carbonyl (C=O) groups is 1. The molecule has 2 bridgehead atoms. The lowest BCUT2D eigenvalue weighted by Gasteiger charge is -2.47. The molecule has 0 spiro atoms. The Balaban J connectivity index is 1.41. The number of rotatable bonds is 8. The van der Waals surface area contributed by atoms with Crippen LogP contribution in [0.25, 0.3) is 27.9 Å². The number of esters is 1. The van der Waals surface area contributed by atoms with Crippen LogP contribution in [-0.4, -0.2) is 64.7 Å². The minimum atomic E-state index is -4.10. The highest BCUT2D eigenvalue weighted by molar-refractivity contribution is 7.90. The number of aryl methyl sites for hydroxylation is 1. The van der Waals surface area contributed by atoms with Gasteiger partial charge in [-0.25, -0.2) is 31.3 Å². The molecule has 0 unspecified atom stereocenters. The Morgan fingerprint density at radius 3 is 2.50 bits per heavy atom. The molecule has 0 amide bonds. The number of anilines is 2. The van der Waals surface area contributed by atoms with E-state index >= 15 is 0 Å². The highest BCUT2D eigenvalue weighted by Crippen LogP contribution is 2.47. The minimum Gasteiger partial charge on any atom is -0.466 e. The predicted octanol–water partition coefficient (Wildman–Crippen LogP) is 5.28. The SMILES string of the molecule is CCOC(=O)[C@H]1[C@H]2CC[C@H](CC2)[C@@H]1Nc1nc(-c2cn(S(=O)(=O)c3ccc(C)cc3)c3ncc(F)cc23)nn2c(N(C)C)ccc12. The van der Waals surface area contributed by atoms with Crippen molar-refractivity contribution in [3.05, 3.63) is 66.2 Å². The van der Waals surface area contributed by atoms with Gasteiger partial charge in [0.1, 0.15) is 17.2 Å². The first-order valence-corrected chi connectivity index (χ1v) is 17.0. The summed E-state index contributed by atoms with van der Waals surface area (Å²) in [5.41, 5.74) is 1.96. The Kier molecular flexibility index (Phi) is 7.46. The number of benzene rings is 1. The molecule has 11 nitrogen and oxygen atoms in total. The van der Waals surface area contributed by atoms with Gasteiger partial charge >= 0.3 is 5.97 Å². The number of aromatic nitrogens is 5. The zero-order valence-electron chi connectivity index (χ0n) is 26.1. The summed E-state index contributed by atoms with van der Waals surface area (Å²) in [4.78, 5) is 24.4. The van der Waals surface area contributed by atoms with Gasteiger partial charge in [-0.1, -0.05) is 17.7 Å². The van der Waals surface area contributed by atoms with Crippen LogP contribution in [0.2, 0.25) is 0 Å². The molecular weight excluding hydrogens is 609 g/mol. The van der Waals surface area contributed by atoms with Crippen molar-refractivity contribution >= 4 is 44.2 Å². The van der Waals surface area contributed by atoms with E-state index in [1.807, 2.05) is 45.0 Å². The monoisotopic (exact) mass is 645 g/mol. The average Bonchev–Trinajstić information content (AvgIpc) is 3.64. The molecular formula is C33H36FN7O4S. The number of nitrogens with one attached hydrogen (secondary N) is 1. The number of fused-ring (bicyclic) bond motifs is 5. The highest BCUT2D eigenvalue weighted by atomic mass is 32.2. The quantitative estimate of drug-likeness (QED) is 0.225. The number of nitrogens with zero attached hydrogens (tertiary/aromatic N) is 6. The summed E-state index contributed by atoms with van der Waals surface area (Å²) < 4.78 is 50.8. The van der Waals surface area contributed by atoms with Gasteiger partial charge in [0.05, 0.1) is 23.6 Å². The zero-order chi connectivity index (χ0) is 32.3. The molecule has 4 aromatic heterocycles. The van der Waals surface area contributed by atoms with Gasteiger partial charge in [-0.05, 0) is 81.7 Å². The van der Waals surface area contributed by atoms with Crippen molar-refractivity contribution in [3.63, 3.8) is 0 Å². The highest BCUT2D eigenvalue weighted by Gasteiger charge is 2.48. The molecule has 1 aromatic carbocycles. The van der Waals surface area contributed by atoms with E-state index in [-0.39, 0.29) is 51.5 Å². The summed E-state index contributed by atoms with van der Waals surface area (Å²) in [6, 6.07) is 11.4. The van der Waals surface area contributed by atoms with Gasteiger partial charge in [0.2, 0.25) is 0 Å². The Bertz CT molecular complexity index is 2070. The first kappa shape index (κ1) is 30.2. The van der Waals surface area contributed by atoms with E-state index in [0.29, 0.717) is 23.5 Å². The van der Waals surface area contributed by atoms with Gasteiger partial charge in [0.15, 0.2) is 17.3 Å². The van der Waals surface area contributed by atoms with Crippen LogP contribution in [-0.2, 0) is 19.6 Å². The first-order chi connectivity index (χ1) is 22.1. The fourth-order valence-electron chi connectivity index (χ4n) is 7.17. The van der Waals surface area contributed by atoms with Crippen molar-refractivity contribution < 1.29 is 22.3 Å². The third-order valence-corrected chi connectivity index (χ3v) is 11.1. The lowest BCUT2D eigenvalue weighted by atomic mass is 9.61. The second-order valence-electron chi connectivity index (χ2n) is 12.5. The number of carbonyl (C=O) groups excluding carboxylic acids is 1. The van der Waals surface area contributed by atoms with E-state index in [1.165, 1.54) is 24.4 Å². The van der Waals surface area contributed by atoms with Gasteiger partial charge < -0.3 is 15.0 Å². The molecule has 13 heteroatoms. The van der Waals surface area contributed by atoms with E-state index in [4.69, 9.17) is 14.8 Å². The summed E-state index contributed by atoms with van der Waals surface area (Å²) in [5, 5.41) is 8.72.